The van der Waals surface area contributed by atoms with Crippen LogP contribution >= 0.6 is 11.6 Å². The number of hydrogen-bond donors (Lipinski definition) is 1. The normalized spacial score (nSPS) is 10.4. The molecule has 1 N–H and O–H groups in total. The van der Waals surface area contributed by atoms with E-state index in [9.17, 15) is 4.79 Å². The molecule has 0 saturated heterocycles. The quantitative estimate of drug-likeness (QED) is 0.934. The lowest BCUT2D eigenvalue weighted by molar-refractivity contribution is 0.710. The van der Waals surface area contributed by atoms with Gasteiger partial charge in [-0.25, -0.2) is 9.67 Å². The Bertz CT molecular complexity index is 653. The van der Waals surface area contributed by atoms with Crippen molar-refractivity contribution in [2.75, 3.05) is 23.8 Å². The molecule has 106 valence electrons. The largest absolute Gasteiger partial charge is 0.374 e. The molecule has 0 aromatic carbocycles. The topological polar surface area (TPSA) is 63.1 Å². The van der Waals surface area contributed by atoms with Crippen LogP contribution in [0.1, 0.15) is 6.92 Å². The van der Waals surface area contributed by atoms with Crippen molar-refractivity contribution in [2.45, 2.75) is 6.92 Å². The summed E-state index contributed by atoms with van der Waals surface area (Å²) in [6, 6.07) is 5.24. The predicted octanol–water partition coefficient (Wildman–Crippen LogP) is 2.03. The van der Waals surface area contributed by atoms with E-state index in [-0.39, 0.29) is 10.7 Å². The molecule has 7 heteroatoms. The van der Waals surface area contributed by atoms with Gasteiger partial charge in [-0.1, -0.05) is 11.6 Å². The van der Waals surface area contributed by atoms with Crippen LogP contribution < -0.4 is 15.8 Å². The van der Waals surface area contributed by atoms with Crippen molar-refractivity contribution in [3.8, 4) is 0 Å². The summed E-state index contributed by atoms with van der Waals surface area (Å²) < 4.78 is 1.18. The number of nitrogens with zero attached hydrogens (tertiary/aromatic N) is 4. The fourth-order valence-electron chi connectivity index (χ4n) is 1.67. The van der Waals surface area contributed by atoms with Gasteiger partial charge in [-0.3, -0.25) is 4.79 Å². The molecule has 0 spiro atoms. The lowest BCUT2D eigenvalue weighted by Crippen LogP contribution is -2.22. The van der Waals surface area contributed by atoms with Crippen molar-refractivity contribution < 1.29 is 0 Å². The van der Waals surface area contributed by atoms with Crippen LogP contribution in [0.15, 0.2) is 29.2 Å². The highest BCUT2D eigenvalue weighted by Gasteiger charge is 2.06. The van der Waals surface area contributed by atoms with Crippen LogP contribution in [0.25, 0.3) is 0 Å². The van der Waals surface area contributed by atoms with Crippen LogP contribution in [0.3, 0.4) is 0 Å². The lowest BCUT2D eigenvalue weighted by atomic mass is 10.3. The molecule has 20 heavy (non-hydrogen) atoms. The molecular weight excluding hydrogens is 278 g/mol. The zero-order chi connectivity index (χ0) is 14.7. The van der Waals surface area contributed by atoms with E-state index in [0.717, 1.165) is 12.2 Å². The molecule has 0 aliphatic heterocycles. The van der Waals surface area contributed by atoms with E-state index in [1.54, 1.807) is 13.2 Å². The summed E-state index contributed by atoms with van der Waals surface area (Å²) in [5.74, 6) is 0.581. The third-order valence-corrected chi connectivity index (χ3v) is 3.14. The van der Waals surface area contributed by atoms with Crippen molar-refractivity contribution in [3.63, 3.8) is 0 Å². The first-order chi connectivity index (χ1) is 9.51. The maximum atomic E-state index is 11.9. The molecule has 0 atom stereocenters. The first-order valence-electron chi connectivity index (χ1n) is 6.19. The van der Waals surface area contributed by atoms with E-state index in [1.807, 2.05) is 19.2 Å². The molecule has 0 fully saturated rings. The number of rotatable bonds is 4. The van der Waals surface area contributed by atoms with Gasteiger partial charge in [0.25, 0.3) is 5.56 Å². The Kier molecular flexibility index (Phi) is 4.24. The van der Waals surface area contributed by atoms with Gasteiger partial charge in [-0.15, -0.1) is 0 Å². The van der Waals surface area contributed by atoms with Gasteiger partial charge in [0.15, 0.2) is 5.15 Å². The highest BCUT2D eigenvalue weighted by Crippen LogP contribution is 2.17. The highest BCUT2D eigenvalue weighted by molar-refractivity contribution is 6.29. The second-order valence-electron chi connectivity index (χ2n) is 4.35. The van der Waals surface area contributed by atoms with E-state index in [2.05, 4.69) is 27.2 Å². The van der Waals surface area contributed by atoms with Crippen LogP contribution in [0.2, 0.25) is 5.15 Å². The smallest absolute Gasteiger partial charge is 0.290 e. The molecule has 2 aromatic heterocycles. The summed E-state index contributed by atoms with van der Waals surface area (Å²) in [7, 11) is 3.54. The minimum absolute atomic E-state index is 0.247. The van der Waals surface area contributed by atoms with Gasteiger partial charge in [0.05, 0.1) is 11.9 Å². The van der Waals surface area contributed by atoms with Crippen LogP contribution in [-0.4, -0.2) is 28.4 Å². The Morgan fingerprint density at radius 3 is 2.80 bits per heavy atom. The van der Waals surface area contributed by atoms with Crippen LogP contribution in [0.4, 0.5) is 17.2 Å². The van der Waals surface area contributed by atoms with Crippen LogP contribution in [-0.2, 0) is 7.05 Å². The number of nitrogens with one attached hydrogen (secondary N) is 1. The van der Waals surface area contributed by atoms with Gasteiger partial charge in [0.1, 0.15) is 11.5 Å². The van der Waals surface area contributed by atoms with Gasteiger partial charge < -0.3 is 10.2 Å². The van der Waals surface area contributed by atoms with Crippen molar-refractivity contribution in [1.82, 2.24) is 14.8 Å². The van der Waals surface area contributed by atoms with E-state index in [1.165, 1.54) is 10.7 Å². The first kappa shape index (κ1) is 14.3. The van der Waals surface area contributed by atoms with E-state index >= 15 is 0 Å². The average molecular weight is 294 g/mol. The molecule has 0 aliphatic carbocycles. The summed E-state index contributed by atoms with van der Waals surface area (Å²) in [5, 5.41) is 7.02. The maximum absolute atomic E-state index is 11.9. The summed E-state index contributed by atoms with van der Waals surface area (Å²) in [6.07, 6.45) is 1.75. The number of hydrogen-bond acceptors (Lipinski definition) is 5. The van der Waals surface area contributed by atoms with E-state index < -0.39 is 0 Å². The Balaban J connectivity index is 2.25. The second kappa shape index (κ2) is 5.92. The van der Waals surface area contributed by atoms with Gasteiger partial charge in [-0.05, 0) is 19.1 Å². The standard InChI is InChI=1S/C13H16ClN5O/c1-4-18(2)9-5-6-12(15-8-9)16-10-7-11(14)17-19(3)13(10)20/h5-8H,4H2,1-3H3,(H,15,16). The van der Waals surface area contributed by atoms with Crippen LogP contribution in [0.5, 0.6) is 0 Å². The Labute approximate surface area is 122 Å². The molecule has 0 radical (unpaired) electrons. The maximum Gasteiger partial charge on any atom is 0.290 e. The Morgan fingerprint density at radius 1 is 1.45 bits per heavy atom. The number of aromatic nitrogens is 3. The number of pyridine rings is 1. The molecule has 0 bridgehead atoms. The zero-order valence-corrected chi connectivity index (χ0v) is 12.3. The molecule has 0 amide bonds. The van der Waals surface area contributed by atoms with Crippen molar-refractivity contribution >= 4 is 28.8 Å². The molecular formula is C13H16ClN5O. The molecule has 0 saturated carbocycles. The average Bonchev–Trinajstić information content (AvgIpc) is 2.44. The van der Waals surface area contributed by atoms with Gasteiger partial charge in [-0.2, -0.15) is 5.10 Å². The van der Waals surface area contributed by atoms with Gasteiger partial charge in [0, 0.05) is 26.7 Å². The summed E-state index contributed by atoms with van der Waals surface area (Å²) in [6.45, 7) is 2.96. The number of aryl methyl sites for hydroxylation is 1. The minimum atomic E-state index is -0.258. The minimum Gasteiger partial charge on any atom is -0.374 e. The molecule has 2 aromatic rings. The third-order valence-electron chi connectivity index (χ3n) is 2.96. The van der Waals surface area contributed by atoms with Crippen molar-refractivity contribution in [3.05, 3.63) is 39.9 Å². The third kappa shape index (κ3) is 3.08. The van der Waals surface area contributed by atoms with E-state index in [4.69, 9.17) is 11.6 Å². The Morgan fingerprint density at radius 2 is 2.20 bits per heavy atom. The van der Waals surface area contributed by atoms with Gasteiger partial charge in [0.2, 0.25) is 0 Å². The molecule has 2 rings (SSSR count). The van der Waals surface area contributed by atoms with Crippen molar-refractivity contribution in [2.24, 2.45) is 7.05 Å². The number of halogens is 1. The summed E-state index contributed by atoms with van der Waals surface area (Å²) >= 11 is 5.84. The second-order valence-corrected chi connectivity index (χ2v) is 4.74. The number of anilines is 3. The highest BCUT2D eigenvalue weighted by atomic mass is 35.5. The van der Waals surface area contributed by atoms with Crippen LogP contribution in [0, 0.1) is 0 Å². The van der Waals surface area contributed by atoms with Gasteiger partial charge >= 0.3 is 0 Å². The summed E-state index contributed by atoms with van der Waals surface area (Å²) in [4.78, 5) is 18.2. The monoisotopic (exact) mass is 293 g/mol. The zero-order valence-electron chi connectivity index (χ0n) is 11.6. The molecule has 2 heterocycles. The molecule has 0 unspecified atom stereocenters. The first-order valence-corrected chi connectivity index (χ1v) is 6.57. The lowest BCUT2D eigenvalue weighted by Gasteiger charge is -2.16. The molecule has 6 nitrogen and oxygen atoms in total. The van der Waals surface area contributed by atoms with E-state index in [0.29, 0.717) is 11.5 Å². The molecule has 0 aliphatic rings. The SMILES string of the molecule is CCN(C)c1ccc(Nc2cc(Cl)nn(C)c2=O)nc1. The fraction of sp³-hybridized carbons (Fsp3) is 0.308. The van der Waals surface area contributed by atoms with Crippen molar-refractivity contribution in [1.29, 1.82) is 0 Å². The summed E-state index contributed by atoms with van der Waals surface area (Å²) in [5.41, 5.74) is 1.10. The Hall–Kier alpha value is -2.08. The predicted molar refractivity (Wildman–Crippen MR) is 81.0 cm³/mol. The fourth-order valence-corrected chi connectivity index (χ4v) is 1.89.